The molecule has 36 heavy (non-hydrogen) atoms. The Bertz CT molecular complexity index is 1460. The molecule has 0 saturated carbocycles. The highest BCUT2D eigenvalue weighted by Gasteiger charge is 2.44. The van der Waals surface area contributed by atoms with E-state index in [0.29, 0.717) is 26.2 Å². The number of benzene rings is 3. The smallest absolute Gasteiger partial charge is 0.267 e. The van der Waals surface area contributed by atoms with Gasteiger partial charge in [0.15, 0.2) is 5.78 Å². The molecule has 0 radical (unpaired) electrons. The van der Waals surface area contributed by atoms with Gasteiger partial charge in [-0.2, -0.15) is 0 Å². The second-order valence-electron chi connectivity index (χ2n) is 8.25. The summed E-state index contributed by atoms with van der Waals surface area (Å²) in [5, 5.41) is 2.93. The lowest BCUT2D eigenvalue weighted by Crippen LogP contribution is -2.45. The van der Waals surface area contributed by atoms with Crippen LogP contribution in [0.25, 0.3) is 0 Å². The number of nitrogens with one attached hydrogen (secondary N) is 1. The third kappa shape index (κ3) is 4.84. The molecule has 8 nitrogen and oxygen atoms in total. The fourth-order valence-electron chi connectivity index (χ4n) is 4.10. The van der Waals surface area contributed by atoms with Gasteiger partial charge in [0.05, 0.1) is 17.7 Å². The zero-order chi connectivity index (χ0) is 26.0. The molecule has 1 saturated heterocycles. The Morgan fingerprint density at radius 2 is 1.78 bits per heavy atom. The maximum Gasteiger partial charge on any atom is 0.267 e. The highest BCUT2D eigenvalue weighted by atomic mass is 35.5. The summed E-state index contributed by atoms with van der Waals surface area (Å²) in [5.41, 5.74) is 1.27. The number of halogens is 1. The van der Waals surface area contributed by atoms with Crippen LogP contribution in [-0.2, 0) is 19.6 Å². The summed E-state index contributed by atoms with van der Waals surface area (Å²) in [5.74, 6) is -1.28. The van der Waals surface area contributed by atoms with Gasteiger partial charge in [0.25, 0.3) is 10.0 Å². The van der Waals surface area contributed by atoms with Crippen LogP contribution in [0.2, 0.25) is 5.02 Å². The van der Waals surface area contributed by atoms with Crippen molar-refractivity contribution >= 4 is 44.9 Å². The van der Waals surface area contributed by atoms with Crippen molar-refractivity contribution < 1.29 is 27.5 Å². The van der Waals surface area contributed by atoms with E-state index in [-0.39, 0.29) is 34.8 Å². The Hall–Kier alpha value is -3.69. The molecule has 1 aliphatic rings. The molecule has 0 bridgehead atoms. The van der Waals surface area contributed by atoms with Crippen LogP contribution in [0.3, 0.4) is 0 Å². The van der Waals surface area contributed by atoms with Crippen molar-refractivity contribution in [2.24, 2.45) is 0 Å². The van der Waals surface area contributed by atoms with Crippen molar-refractivity contribution in [2.75, 3.05) is 12.4 Å². The Kier molecular flexibility index (Phi) is 7.14. The van der Waals surface area contributed by atoms with Crippen molar-refractivity contribution in [3.05, 3.63) is 88.4 Å². The lowest BCUT2D eigenvalue weighted by Gasteiger charge is -2.24. The predicted octanol–water partition coefficient (Wildman–Crippen LogP) is 4.21. The van der Waals surface area contributed by atoms with Crippen LogP contribution in [0, 0.1) is 6.92 Å². The van der Waals surface area contributed by atoms with Gasteiger partial charge in [-0.15, -0.1) is 0 Å². The van der Waals surface area contributed by atoms with Gasteiger partial charge in [-0.1, -0.05) is 41.9 Å². The fraction of sp³-hybridized carbons (Fsp3) is 0.192. The molecule has 0 aromatic heterocycles. The van der Waals surface area contributed by atoms with Gasteiger partial charge in [0.2, 0.25) is 11.8 Å². The summed E-state index contributed by atoms with van der Waals surface area (Å²) >= 11 is 6.11. The molecule has 0 unspecified atom stereocenters. The second-order valence-corrected chi connectivity index (χ2v) is 10.5. The first-order valence-corrected chi connectivity index (χ1v) is 12.9. The van der Waals surface area contributed by atoms with Crippen LogP contribution in [0.15, 0.2) is 71.6 Å². The number of sulfonamides is 1. The van der Waals surface area contributed by atoms with E-state index in [1.165, 1.54) is 43.5 Å². The first-order valence-electron chi connectivity index (χ1n) is 11.1. The van der Waals surface area contributed by atoms with Gasteiger partial charge in [0.1, 0.15) is 11.8 Å². The minimum Gasteiger partial charge on any atom is -0.496 e. The van der Waals surface area contributed by atoms with Crippen LogP contribution in [0.4, 0.5) is 5.69 Å². The number of carbonyl (C=O) groups is 3. The molecule has 4 rings (SSSR count). The van der Waals surface area contributed by atoms with E-state index >= 15 is 0 Å². The van der Waals surface area contributed by atoms with Gasteiger partial charge in [-0.3, -0.25) is 14.4 Å². The molecule has 1 N–H and O–H groups in total. The lowest BCUT2D eigenvalue weighted by molar-refractivity contribution is -0.128. The molecule has 0 aliphatic carbocycles. The SMILES string of the molecule is COc1ccc(S(=O)(=O)N2C(=O)CC[C@H]2C(=O)Nc2ccc(Cl)cc2C(=O)c2ccccc2)cc1C. The van der Waals surface area contributed by atoms with E-state index in [1.54, 1.807) is 37.3 Å². The van der Waals surface area contributed by atoms with Crippen molar-refractivity contribution in [1.29, 1.82) is 0 Å². The van der Waals surface area contributed by atoms with Gasteiger partial charge >= 0.3 is 0 Å². The van der Waals surface area contributed by atoms with E-state index < -0.39 is 27.9 Å². The number of ketones is 1. The van der Waals surface area contributed by atoms with Crippen LogP contribution in [0.1, 0.15) is 34.3 Å². The van der Waals surface area contributed by atoms with E-state index in [1.807, 2.05) is 0 Å². The predicted molar refractivity (Wildman–Crippen MR) is 135 cm³/mol. The number of ether oxygens (including phenoxy) is 1. The number of aryl methyl sites for hydroxylation is 1. The number of methoxy groups -OCH3 is 1. The summed E-state index contributed by atoms with van der Waals surface area (Å²) in [6.07, 6.45) is -0.0997. The van der Waals surface area contributed by atoms with Gasteiger partial charge in [-0.25, -0.2) is 12.7 Å². The third-order valence-corrected chi connectivity index (χ3v) is 7.97. The van der Waals surface area contributed by atoms with Gasteiger partial charge in [-0.05, 0) is 55.3 Å². The number of amides is 2. The van der Waals surface area contributed by atoms with Crippen LogP contribution in [-0.4, -0.2) is 43.5 Å². The maximum absolute atomic E-state index is 13.4. The molecular formula is C26H23ClN2O6S. The quantitative estimate of drug-likeness (QED) is 0.462. The molecule has 1 heterocycles. The van der Waals surface area contributed by atoms with E-state index in [4.69, 9.17) is 16.3 Å². The Morgan fingerprint density at radius 1 is 1.06 bits per heavy atom. The summed E-state index contributed by atoms with van der Waals surface area (Å²) in [6.45, 7) is 1.68. The molecular weight excluding hydrogens is 504 g/mol. The van der Waals surface area contributed by atoms with Gasteiger partial charge in [0, 0.05) is 22.6 Å². The van der Waals surface area contributed by atoms with E-state index in [9.17, 15) is 22.8 Å². The van der Waals surface area contributed by atoms with Crippen LogP contribution < -0.4 is 10.1 Å². The van der Waals surface area contributed by atoms with Crippen molar-refractivity contribution in [2.45, 2.75) is 30.7 Å². The number of hydrogen-bond acceptors (Lipinski definition) is 6. The first kappa shape index (κ1) is 25.4. The average molecular weight is 527 g/mol. The fourth-order valence-corrected chi connectivity index (χ4v) is 5.96. The summed E-state index contributed by atoms with van der Waals surface area (Å²) in [7, 11) is -2.85. The van der Waals surface area contributed by atoms with Gasteiger partial charge < -0.3 is 10.1 Å². The lowest BCUT2D eigenvalue weighted by atomic mass is 10.0. The monoisotopic (exact) mass is 526 g/mol. The topological polar surface area (TPSA) is 110 Å². The molecule has 1 aliphatic heterocycles. The van der Waals surface area contributed by atoms with E-state index in [2.05, 4.69) is 5.32 Å². The highest BCUT2D eigenvalue weighted by molar-refractivity contribution is 7.89. The molecule has 1 fully saturated rings. The number of rotatable bonds is 7. The number of carbonyl (C=O) groups excluding carboxylic acids is 3. The van der Waals surface area contributed by atoms with Crippen molar-refractivity contribution in [3.63, 3.8) is 0 Å². The molecule has 10 heteroatoms. The van der Waals surface area contributed by atoms with Crippen molar-refractivity contribution in [3.8, 4) is 5.75 Å². The molecule has 2 amide bonds. The zero-order valence-electron chi connectivity index (χ0n) is 19.5. The normalized spacial score (nSPS) is 15.6. The third-order valence-electron chi connectivity index (χ3n) is 5.91. The molecule has 3 aromatic carbocycles. The minimum atomic E-state index is -4.32. The number of hydrogen-bond donors (Lipinski definition) is 1. The van der Waals surface area contributed by atoms with Crippen LogP contribution in [0.5, 0.6) is 5.75 Å². The Balaban J connectivity index is 1.65. The first-order chi connectivity index (χ1) is 17.1. The van der Waals surface area contributed by atoms with Crippen LogP contribution >= 0.6 is 11.6 Å². The van der Waals surface area contributed by atoms with Crippen molar-refractivity contribution in [1.82, 2.24) is 4.31 Å². The molecule has 3 aromatic rings. The minimum absolute atomic E-state index is 0.00852. The molecule has 186 valence electrons. The number of nitrogens with zero attached hydrogens (tertiary/aromatic N) is 1. The number of anilines is 1. The van der Waals surface area contributed by atoms with E-state index in [0.717, 1.165) is 0 Å². The standard InChI is InChI=1S/C26H23ClN2O6S/c1-16-14-19(9-12-23(16)35-2)36(33,34)29-22(11-13-24(29)30)26(32)28-21-10-8-18(27)15-20(21)25(31)17-6-4-3-5-7-17/h3-10,12,14-15,22H,11,13H2,1-2H3,(H,28,32)/t22-/m0/s1. The summed E-state index contributed by atoms with van der Waals surface area (Å²) in [6, 6.07) is 15.8. The second kappa shape index (κ2) is 10.1. The Labute approximate surface area is 213 Å². The summed E-state index contributed by atoms with van der Waals surface area (Å²) < 4.78 is 32.6. The molecule has 0 spiro atoms. The maximum atomic E-state index is 13.4. The zero-order valence-corrected chi connectivity index (χ0v) is 21.1. The Morgan fingerprint density at radius 3 is 2.44 bits per heavy atom. The summed E-state index contributed by atoms with van der Waals surface area (Å²) in [4.78, 5) is 38.9. The average Bonchev–Trinajstić information content (AvgIpc) is 3.27. The largest absolute Gasteiger partial charge is 0.496 e. The molecule has 1 atom stereocenters. The highest BCUT2D eigenvalue weighted by Crippen LogP contribution is 2.31.